The largest absolute Gasteiger partial charge is 0.332 e. The van der Waals surface area contributed by atoms with Gasteiger partial charge in [-0.25, -0.2) is 4.39 Å². The van der Waals surface area contributed by atoms with E-state index in [4.69, 9.17) is 0 Å². The maximum Gasteiger partial charge on any atom is 0.255 e. The minimum Gasteiger partial charge on any atom is -0.332 e. The molecule has 2 aliphatic rings. The molecule has 0 saturated carbocycles. The summed E-state index contributed by atoms with van der Waals surface area (Å²) in [6.07, 6.45) is 5.26. The molecule has 0 bridgehead atoms. The van der Waals surface area contributed by atoms with E-state index in [0.717, 1.165) is 24.9 Å². The lowest BCUT2D eigenvalue weighted by Crippen LogP contribution is -2.28. The predicted molar refractivity (Wildman–Crippen MR) is 57.8 cm³/mol. The van der Waals surface area contributed by atoms with Crippen LogP contribution in [0.1, 0.15) is 18.4 Å². The molecule has 1 fully saturated rings. The van der Waals surface area contributed by atoms with E-state index in [2.05, 4.69) is 6.08 Å². The van der Waals surface area contributed by atoms with Crippen LogP contribution in [-0.4, -0.2) is 23.4 Å². The van der Waals surface area contributed by atoms with Gasteiger partial charge in [0.05, 0.1) is 11.6 Å². The number of rotatable bonds is 1. The lowest BCUT2D eigenvalue weighted by atomic mass is 10.0. The lowest BCUT2D eigenvalue weighted by Gasteiger charge is -2.14. The molecule has 3 heteroatoms. The molecule has 1 unspecified atom stereocenters. The molecular weight excluding hydrogens is 205 g/mol. The number of fused-ring (bicyclic) bond motifs is 1. The molecule has 3 rings (SSSR count). The lowest BCUT2D eigenvalue weighted by molar-refractivity contribution is -0.124. The molecule has 2 nitrogen and oxygen atoms in total. The summed E-state index contributed by atoms with van der Waals surface area (Å²) in [6.45, 7) is 0.821. The average Bonchev–Trinajstić information content (AvgIpc) is 2.84. The van der Waals surface area contributed by atoms with Gasteiger partial charge in [0, 0.05) is 6.54 Å². The monoisotopic (exact) mass is 216 g/mol. The Kier molecular flexibility index (Phi) is 2.06. The number of nitrogens with zero attached hydrogens (tertiary/aromatic N) is 1. The normalized spacial score (nSPS) is 23.6. The Bertz CT molecular complexity index is 463. The van der Waals surface area contributed by atoms with Gasteiger partial charge in [0.15, 0.2) is 0 Å². The van der Waals surface area contributed by atoms with Crippen molar-refractivity contribution in [1.29, 1.82) is 0 Å². The van der Waals surface area contributed by atoms with Gasteiger partial charge in [0.2, 0.25) is 0 Å². The van der Waals surface area contributed by atoms with Crippen molar-refractivity contribution >= 4 is 11.5 Å². The second kappa shape index (κ2) is 3.44. The van der Waals surface area contributed by atoms with E-state index in [1.54, 1.807) is 12.1 Å². The Hall–Kier alpha value is -1.64. The molecule has 2 heterocycles. The number of halogens is 1. The summed E-state index contributed by atoms with van der Waals surface area (Å²) in [5.41, 5.74) is 1.37. The first kappa shape index (κ1) is 9.58. The standard InChI is InChI=1S/C13H11FNO/c14-10-5-3-9(4-6-10)12-8-11-2-1-7-15(11)13(12)16/h3-6,11H,1-2,7H2. The summed E-state index contributed by atoms with van der Waals surface area (Å²) >= 11 is 0. The van der Waals surface area contributed by atoms with Gasteiger partial charge in [0.25, 0.3) is 5.91 Å². The molecule has 1 atom stereocenters. The van der Waals surface area contributed by atoms with Crippen LogP contribution in [0.25, 0.3) is 5.57 Å². The van der Waals surface area contributed by atoms with Gasteiger partial charge in [-0.1, -0.05) is 12.1 Å². The number of amides is 1. The van der Waals surface area contributed by atoms with Crippen molar-refractivity contribution in [3.63, 3.8) is 0 Å². The summed E-state index contributed by atoms with van der Waals surface area (Å²) in [5.74, 6) is -0.246. The third-order valence-electron chi connectivity index (χ3n) is 3.17. The summed E-state index contributed by atoms with van der Waals surface area (Å²) in [7, 11) is 0. The van der Waals surface area contributed by atoms with Crippen molar-refractivity contribution in [2.45, 2.75) is 18.9 Å². The maximum absolute atomic E-state index is 12.8. The fraction of sp³-hybridized carbons (Fsp3) is 0.308. The van der Waals surface area contributed by atoms with Crippen molar-refractivity contribution in [3.05, 3.63) is 41.7 Å². The van der Waals surface area contributed by atoms with Crippen LogP contribution in [0, 0.1) is 11.9 Å². The summed E-state index contributed by atoms with van der Waals surface area (Å²) in [6, 6.07) is 6.17. The minimum atomic E-state index is -0.282. The van der Waals surface area contributed by atoms with E-state index in [-0.39, 0.29) is 17.8 Å². The van der Waals surface area contributed by atoms with Crippen molar-refractivity contribution in [3.8, 4) is 0 Å². The van der Waals surface area contributed by atoms with Crippen LogP contribution < -0.4 is 0 Å². The Balaban J connectivity index is 1.96. The van der Waals surface area contributed by atoms with E-state index in [9.17, 15) is 9.18 Å². The highest BCUT2D eigenvalue weighted by Gasteiger charge is 2.36. The van der Waals surface area contributed by atoms with E-state index >= 15 is 0 Å². The highest BCUT2D eigenvalue weighted by molar-refractivity contribution is 6.20. The molecule has 1 saturated heterocycles. The SMILES string of the molecule is O=C1C(c2ccc(F)cc2)=[C]C2CCCN12. The first-order valence-electron chi connectivity index (χ1n) is 5.46. The topological polar surface area (TPSA) is 20.3 Å². The Morgan fingerprint density at radius 3 is 2.75 bits per heavy atom. The van der Waals surface area contributed by atoms with Crippen molar-refractivity contribution in [2.75, 3.05) is 6.54 Å². The van der Waals surface area contributed by atoms with Crippen molar-refractivity contribution in [1.82, 2.24) is 4.90 Å². The molecule has 1 aromatic carbocycles. The molecule has 16 heavy (non-hydrogen) atoms. The molecule has 0 spiro atoms. The zero-order valence-corrected chi connectivity index (χ0v) is 8.74. The third-order valence-corrected chi connectivity index (χ3v) is 3.17. The molecule has 0 aliphatic carbocycles. The molecule has 1 radical (unpaired) electrons. The fourth-order valence-electron chi connectivity index (χ4n) is 2.36. The molecule has 1 amide bonds. The zero-order valence-electron chi connectivity index (χ0n) is 8.74. The molecular formula is C13H11FNO. The first-order valence-corrected chi connectivity index (χ1v) is 5.46. The van der Waals surface area contributed by atoms with Gasteiger partial charge in [-0.15, -0.1) is 0 Å². The van der Waals surface area contributed by atoms with Crippen LogP contribution in [0.4, 0.5) is 4.39 Å². The Morgan fingerprint density at radius 1 is 1.31 bits per heavy atom. The molecule has 81 valence electrons. The van der Waals surface area contributed by atoms with Gasteiger partial charge in [0.1, 0.15) is 5.82 Å². The van der Waals surface area contributed by atoms with Crippen LogP contribution in [0.15, 0.2) is 24.3 Å². The highest BCUT2D eigenvalue weighted by Crippen LogP contribution is 2.31. The third kappa shape index (κ3) is 1.35. The predicted octanol–water partition coefficient (Wildman–Crippen LogP) is 2.02. The molecule has 0 aromatic heterocycles. The van der Waals surface area contributed by atoms with Crippen LogP contribution in [0.3, 0.4) is 0 Å². The van der Waals surface area contributed by atoms with Crippen LogP contribution in [-0.2, 0) is 4.79 Å². The average molecular weight is 216 g/mol. The number of hydrogen-bond donors (Lipinski definition) is 0. The first-order chi connectivity index (χ1) is 7.75. The van der Waals surface area contributed by atoms with E-state index < -0.39 is 0 Å². The van der Waals surface area contributed by atoms with Crippen molar-refractivity contribution in [2.24, 2.45) is 0 Å². The zero-order chi connectivity index (χ0) is 11.1. The van der Waals surface area contributed by atoms with E-state index in [1.165, 1.54) is 12.1 Å². The Labute approximate surface area is 93.4 Å². The minimum absolute atomic E-state index is 0.0362. The summed E-state index contributed by atoms with van der Waals surface area (Å²) < 4.78 is 12.8. The summed E-state index contributed by atoms with van der Waals surface area (Å²) in [4.78, 5) is 13.9. The van der Waals surface area contributed by atoms with E-state index in [0.29, 0.717) is 5.57 Å². The van der Waals surface area contributed by atoms with Crippen LogP contribution in [0.2, 0.25) is 0 Å². The van der Waals surface area contributed by atoms with Crippen LogP contribution in [0.5, 0.6) is 0 Å². The number of benzene rings is 1. The Morgan fingerprint density at radius 2 is 2.06 bits per heavy atom. The molecule has 2 aliphatic heterocycles. The quantitative estimate of drug-likeness (QED) is 0.703. The number of carbonyl (C=O) groups excluding carboxylic acids is 1. The second-order valence-corrected chi connectivity index (χ2v) is 4.18. The molecule has 0 N–H and O–H groups in total. The van der Waals surface area contributed by atoms with Gasteiger partial charge in [-0.2, -0.15) is 0 Å². The number of hydrogen-bond acceptors (Lipinski definition) is 1. The number of carbonyl (C=O) groups is 1. The van der Waals surface area contributed by atoms with Gasteiger partial charge in [-0.3, -0.25) is 4.79 Å². The summed E-state index contributed by atoms with van der Waals surface area (Å²) in [5, 5.41) is 0. The van der Waals surface area contributed by atoms with Crippen LogP contribution >= 0.6 is 0 Å². The van der Waals surface area contributed by atoms with Crippen molar-refractivity contribution < 1.29 is 9.18 Å². The van der Waals surface area contributed by atoms with E-state index in [1.807, 2.05) is 4.90 Å². The molecule has 1 aromatic rings. The maximum atomic E-state index is 12.8. The van der Waals surface area contributed by atoms with Gasteiger partial charge in [-0.05, 0) is 36.6 Å². The smallest absolute Gasteiger partial charge is 0.255 e. The van der Waals surface area contributed by atoms with Gasteiger partial charge < -0.3 is 4.90 Å². The second-order valence-electron chi connectivity index (χ2n) is 4.18. The fourth-order valence-corrected chi connectivity index (χ4v) is 2.36. The van der Waals surface area contributed by atoms with Gasteiger partial charge >= 0.3 is 0 Å². The highest BCUT2D eigenvalue weighted by atomic mass is 19.1.